The molecule has 2 aromatic carbocycles. The van der Waals surface area contributed by atoms with Crippen LogP contribution in [0.5, 0.6) is 0 Å². The van der Waals surface area contributed by atoms with E-state index in [-0.39, 0.29) is 11.5 Å². The second-order valence-electron chi connectivity index (χ2n) is 13.5. The summed E-state index contributed by atoms with van der Waals surface area (Å²) in [5.41, 5.74) is 8.75. The van der Waals surface area contributed by atoms with Gasteiger partial charge in [-0.15, -0.1) is 0 Å². The molecule has 1 N–H and O–H groups in total. The van der Waals surface area contributed by atoms with Crippen molar-refractivity contribution >= 4 is 5.78 Å². The quantitative estimate of drug-likeness (QED) is 0.195. The minimum absolute atomic E-state index is 0.0806. The van der Waals surface area contributed by atoms with Gasteiger partial charge in [-0.3, -0.25) is 14.8 Å². The largest absolute Gasteiger partial charge is 0.512 e. The summed E-state index contributed by atoms with van der Waals surface area (Å²) in [5, 5.41) is 10.2. The third-order valence-electron chi connectivity index (χ3n) is 9.11. The third kappa shape index (κ3) is 16.5. The molecule has 5 rings (SSSR count). The molecule has 0 aliphatic carbocycles. The van der Waals surface area contributed by atoms with Crippen molar-refractivity contribution in [1.82, 2.24) is 9.97 Å². The van der Waals surface area contributed by atoms with Crippen molar-refractivity contribution in [1.29, 1.82) is 0 Å². The van der Waals surface area contributed by atoms with Crippen LogP contribution in [0.3, 0.4) is 0 Å². The van der Waals surface area contributed by atoms with Crippen LogP contribution in [0.15, 0.2) is 97.0 Å². The van der Waals surface area contributed by atoms with E-state index in [0.29, 0.717) is 105 Å². The Morgan fingerprint density at radius 3 is 1.29 bits per heavy atom. The van der Waals surface area contributed by atoms with Crippen LogP contribution in [-0.4, -0.2) is 100 Å². The number of aromatic nitrogens is 2. The Morgan fingerprint density at radius 1 is 0.436 bits per heavy atom. The molecule has 10 heteroatoms. The fourth-order valence-corrected chi connectivity index (χ4v) is 6.11. The molecule has 8 bridgehead atoms. The first-order chi connectivity index (χ1) is 27.1. The molecule has 0 amide bonds. The molecule has 4 aromatic rings. The number of hydrogen-bond acceptors (Lipinski definition) is 10. The molecule has 0 unspecified atom stereocenters. The Kier molecular flexibility index (Phi) is 19.0. The van der Waals surface area contributed by atoms with Crippen molar-refractivity contribution in [3.8, 4) is 22.5 Å². The predicted octanol–water partition coefficient (Wildman–Crippen LogP) is 7.37. The van der Waals surface area contributed by atoms with Gasteiger partial charge in [0.15, 0.2) is 5.78 Å². The predicted molar refractivity (Wildman–Crippen MR) is 213 cm³/mol. The molecule has 0 fully saturated rings. The molecule has 55 heavy (non-hydrogen) atoms. The van der Waals surface area contributed by atoms with Crippen molar-refractivity contribution in [2.75, 3.05) is 79.3 Å². The third-order valence-corrected chi connectivity index (χ3v) is 9.11. The van der Waals surface area contributed by atoms with Crippen LogP contribution < -0.4 is 0 Å². The molecular formula is C45H56N2O8. The highest BCUT2D eigenvalue weighted by atomic mass is 16.5. The van der Waals surface area contributed by atoms with Gasteiger partial charge in [0.05, 0.1) is 83.2 Å². The highest BCUT2D eigenvalue weighted by Gasteiger charge is 2.07. The monoisotopic (exact) mass is 752 g/mol. The number of allylic oxidation sites excluding steroid dienone is 2. The summed E-state index contributed by atoms with van der Waals surface area (Å²) in [6.45, 7) is 6.36. The first-order valence-electron chi connectivity index (χ1n) is 19.6. The highest BCUT2D eigenvalue weighted by molar-refractivity contribution is 5.89. The van der Waals surface area contributed by atoms with Crippen LogP contribution in [0.1, 0.15) is 47.9 Å². The number of carbonyl (C=O) groups excluding carboxylic acids is 1. The molecule has 3 heterocycles. The number of rotatable bonds is 0. The molecule has 0 spiro atoms. The molecule has 0 saturated carbocycles. The van der Waals surface area contributed by atoms with Crippen LogP contribution >= 0.6 is 0 Å². The van der Waals surface area contributed by atoms with E-state index in [2.05, 4.69) is 70.6 Å². The second-order valence-corrected chi connectivity index (χ2v) is 13.5. The molecular weight excluding hydrogens is 697 g/mol. The number of nitrogens with zero attached hydrogens (tertiary/aromatic N) is 2. The maximum absolute atomic E-state index is 12.2. The molecule has 0 atom stereocenters. The van der Waals surface area contributed by atoms with Crippen molar-refractivity contribution in [2.24, 2.45) is 0 Å². The number of ether oxygens (including phenoxy) is 6. The minimum Gasteiger partial charge on any atom is -0.512 e. The lowest BCUT2D eigenvalue weighted by Gasteiger charge is -2.09. The number of hydrogen-bond donors (Lipinski definition) is 1. The zero-order valence-electron chi connectivity index (χ0n) is 32.0. The van der Waals surface area contributed by atoms with Gasteiger partial charge in [-0.2, -0.15) is 0 Å². The van der Waals surface area contributed by atoms with E-state index in [1.807, 2.05) is 24.5 Å². The summed E-state index contributed by atoms with van der Waals surface area (Å²) in [4.78, 5) is 21.5. The van der Waals surface area contributed by atoms with Gasteiger partial charge in [0.2, 0.25) is 0 Å². The van der Waals surface area contributed by atoms with E-state index in [0.717, 1.165) is 59.3 Å². The van der Waals surface area contributed by atoms with Crippen LogP contribution in [0.25, 0.3) is 22.5 Å². The zero-order chi connectivity index (χ0) is 38.2. The zero-order valence-corrected chi connectivity index (χ0v) is 32.0. The lowest BCUT2D eigenvalue weighted by Crippen LogP contribution is -2.08. The summed E-state index contributed by atoms with van der Waals surface area (Å²) in [6.07, 6.45) is 10.1. The van der Waals surface area contributed by atoms with E-state index in [1.165, 1.54) is 17.2 Å². The van der Waals surface area contributed by atoms with Gasteiger partial charge in [-0.25, -0.2) is 0 Å². The number of aliphatic hydroxyl groups is 1. The van der Waals surface area contributed by atoms with Crippen molar-refractivity contribution in [3.63, 3.8) is 0 Å². The van der Waals surface area contributed by atoms with Crippen LogP contribution in [0, 0.1) is 0 Å². The molecule has 294 valence electrons. The van der Waals surface area contributed by atoms with Crippen molar-refractivity contribution in [2.45, 2.75) is 51.4 Å². The van der Waals surface area contributed by atoms with E-state index < -0.39 is 0 Å². The Morgan fingerprint density at radius 2 is 0.836 bits per heavy atom. The first kappa shape index (κ1) is 41.9. The Bertz CT molecular complexity index is 1750. The van der Waals surface area contributed by atoms with E-state index >= 15 is 0 Å². The Labute approximate surface area is 325 Å². The average Bonchev–Trinajstić information content (AvgIpc) is 3.20. The summed E-state index contributed by atoms with van der Waals surface area (Å²) >= 11 is 0. The number of aliphatic hydroxyl groups excluding tert-OH is 1. The number of ketones is 1. The van der Waals surface area contributed by atoms with Gasteiger partial charge >= 0.3 is 0 Å². The highest BCUT2D eigenvalue weighted by Crippen LogP contribution is 2.21. The Hall–Kier alpha value is -4.29. The van der Waals surface area contributed by atoms with E-state index in [1.54, 1.807) is 0 Å². The molecule has 0 saturated heterocycles. The molecule has 2 aromatic heterocycles. The maximum Gasteiger partial charge on any atom is 0.159 e. The second kappa shape index (κ2) is 25.0. The van der Waals surface area contributed by atoms with Gasteiger partial charge < -0.3 is 33.5 Å². The van der Waals surface area contributed by atoms with Gasteiger partial charge in [0.25, 0.3) is 0 Å². The van der Waals surface area contributed by atoms with Gasteiger partial charge in [-0.1, -0.05) is 36.4 Å². The number of fused-ring (bicyclic) bond motifs is 10. The lowest BCUT2D eigenvalue weighted by atomic mass is 10.0. The average molecular weight is 753 g/mol. The Balaban J connectivity index is 1.10. The summed E-state index contributed by atoms with van der Waals surface area (Å²) in [6, 6.07) is 25.2. The fourth-order valence-electron chi connectivity index (χ4n) is 6.11. The number of carbonyl (C=O) groups is 1. The van der Waals surface area contributed by atoms with Crippen LogP contribution in [0.2, 0.25) is 0 Å². The molecule has 1 aliphatic heterocycles. The van der Waals surface area contributed by atoms with E-state index in [9.17, 15) is 9.90 Å². The van der Waals surface area contributed by atoms with Gasteiger partial charge in [0.1, 0.15) is 0 Å². The van der Waals surface area contributed by atoms with Crippen LogP contribution in [-0.2, 0) is 58.9 Å². The maximum atomic E-state index is 12.2. The minimum atomic E-state index is -0.107. The summed E-state index contributed by atoms with van der Waals surface area (Å²) < 4.78 is 34.7. The molecule has 10 nitrogen and oxygen atoms in total. The van der Waals surface area contributed by atoms with Gasteiger partial charge in [-0.05, 0) is 97.2 Å². The van der Waals surface area contributed by atoms with Crippen molar-refractivity contribution in [3.05, 3.63) is 119 Å². The lowest BCUT2D eigenvalue weighted by molar-refractivity contribution is -0.115. The first-order valence-corrected chi connectivity index (χ1v) is 19.6. The van der Waals surface area contributed by atoms with Gasteiger partial charge in [0, 0.05) is 55.7 Å². The van der Waals surface area contributed by atoms with Crippen molar-refractivity contribution < 1.29 is 38.3 Å². The molecule has 1 aliphatic rings. The van der Waals surface area contributed by atoms with Crippen LogP contribution in [0.4, 0.5) is 0 Å². The normalized spacial score (nSPS) is 18.0. The summed E-state index contributed by atoms with van der Waals surface area (Å²) in [5.74, 6) is -0.0264. The number of benzene rings is 2. The van der Waals surface area contributed by atoms with E-state index in [4.69, 9.17) is 28.4 Å². The smallest absolute Gasteiger partial charge is 0.159 e. The fraction of sp³-hybridized carbons (Fsp3) is 0.444. The standard InChI is InChI=1S/C45H56N2O8/c48-42-9-3-19-50-25-27-54-23-15-38-11-17-46-44(33-38)40-7-1-5-36(31-40)13-21-52-29-30-53-22-14-37-6-2-8-41(32-37)45-34-39(12-18-47-45)16-24-55-28-26-51-20-4-10-43(49)35-42/h1-2,5-8,11-12,17-18,31-35,48H,3-4,9-10,13-16,19-30H2. The molecule has 0 radical (unpaired) electrons. The summed E-state index contributed by atoms with van der Waals surface area (Å²) in [7, 11) is 0. The SMILES string of the molecule is O=C1C=C(O)CCCOCCOCCc2ccnc(c2)-c2cccc(c2)CCOCCOCCc2cccc(c2)-c2cc(ccn2)CCOCCOCCC1. The number of pyridine rings is 2. The topological polar surface area (TPSA) is 118 Å².